The van der Waals surface area contributed by atoms with Crippen LogP contribution in [0.1, 0.15) is 18.0 Å². The number of nitrogens with one attached hydrogen (secondary N) is 1. The van der Waals surface area contributed by atoms with Crippen molar-refractivity contribution < 1.29 is 4.74 Å². The molecule has 0 bridgehead atoms. The molecule has 3 nitrogen and oxygen atoms in total. The highest BCUT2D eigenvalue weighted by atomic mass is 79.9. The maximum atomic E-state index is 6.15. The van der Waals surface area contributed by atoms with Crippen LogP contribution >= 0.6 is 27.5 Å². The lowest BCUT2D eigenvalue weighted by Gasteiger charge is -2.19. The van der Waals surface area contributed by atoms with Crippen LogP contribution in [0.5, 0.6) is 0 Å². The molecule has 0 aromatic heterocycles. The first-order chi connectivity index (χ1) is 7.72. The van der Waals surface area contributed by atoms with Crippen molar-refractivity contribution >= 4 is 27.5 Å². The Morgan fingerprint density at radius 2 is 2.31 bits per heavy atom. The van der Waals surface area contributed by atoms with Crippen LogP contribution in [0.3, 0.4) is 0 Å². The van der Waals surface area contributed by atoms with Gasteiger partial charge in [-0.15, -0.1) is 0 Å². The van der Waals surface area contributed by atoms with E-state index >= 15 is 0 Å². The van der Waals surface area contributed by atoms with Crippen molar-refractivity contribution in [1.82, 2.24) is 5.43 Å². The summed E-state index contributed by atoms with van der Waals surface area (Å²) >= 11 is 9.56. The Balaban J connectivity index is 2.35. The SMILES string of the molecule is NNC(C1=CCCO1)c1cc(Br)ccc1Cl. The van der Waals surface area contributed by atoms with E-state index in [1.165, 1.54) is 0 Å². The maximum absolute atomic E-state index is 6.15. The average Bonchev–Trinajstić information content (AvgIpc) is 2.78. The molecule has 1 unspecified atom stereocenters. The van der Waals surface area contributed by atoms with Crippen molar-refractivity contribution in [2.24, 2.45) is 5.84 Å². The molecule has 0 amide bonds. The van der Waals surface area contributed by atoms with Crippen LogP contribution < -0.4 is 11.3 Å². The number of hydrazine groups is 1. The molecule has 5 heteroatoms. The molecule has 0 saturated carbocycles. The molecule has 1 aromatic rings. The third-order valence-electron chi connectivity index (χ3n) is 2.45. The smallest absolute Gasteiger partial charge is 0.115 e. The van der Waals surface area contributed by atoms with E-state index < -0.39 is 0 Å². The number of nitrogens with two attached hydrogens (primary N) is 1. The fourth-order valence-electron chi connectivity index (χ4n) is 1.70. The van der Waals surface area contributed by atoms with Gasteiger partial charge in [-0.1, -0.05) is 27.5 Å². The van der Waals surface area contributed by atoms with Gasteiger partial charge in [0.05, 0.1) is 6.61 Å². The fraction of sp³-hybridized carbons (Fsp3) is 0.273. The highest BCUT2D eigenvalue weighted by molar-refractivity contribution is 9.10. The minimum atomic E-state index is -0.188. The van der Waals surface area contributed by atoms with Gasteiger partial charge in [0.15, 0.2) is 0 Å². The van der Waals surface area contributed by atoms with Crippen molar-refractivity contribution in [3.05, 3.63) is 45.1 Å². The Kier molecular flexibility index (Phi) is 3.86. The van der Waals surface area contributed by atoms with E-state index in [0.717, 1.165) is 22.2 Å². The zero-order valence-electron chi connectivity index (χ0n) is 8.54. The zero-order valence-corrected chi connectivity index (χ0v) is 10.9. The van der Waals surface area contributed by atoms with Crippen molar-refractivity contribution in [1.29, 1.82) is 0 Å². The molecule has 2 rings (SSSR count). The van der Waals surface area contributed by atoms with E-state index in [0.29, 0.717) is 11.6 Å². The molecular formula is C11H12BrClN2O. The Bertz CT molecular complexity index is 422. The van der Waals surface area contributed by atoms with Gasteiger partial charge in [-0.3, -0.25) is 5.84 Å². The molecule has 1 aliphatic rings. The molecule has 86 valence electrons. The summed E-state index contributed by atoms with van der Waals surface area (Å²) in [5.41, 5.74) is 3.64. The third-order valence-corrected chi connectivity index (χ3v) is 3.29. The van der Waals surface area contributed by atoms with Gasteiger partial charge in [-0.2, -0.15) is 0 Å². The molecule has 0 fully saturated rings. The second-order valence-electron chi connectivity index (χ2n) is 3.51. The largest absolute Gasteiger partial charge is 0.496 e. The first kappa shape index (κ1) is 11.9. The molecule has 0 radical (unpaired) electrons. The number of ether oxygens (including phenoxy) is 1. The van der Waals surface area contributed by atoms with E-state index in [9.17, 15) is 0 Å². The number of rotatable bonds is 3. The van der Waals surface area contributed by atoms with Crippen LogP contribution in [-0.4, -0.2) is 6.61 Å². The van der Waals surface area contributed by atoms with Gasteiger partial charge in [0.1, 0.15) is 11.8 Å². The van der Waals surface area contributed by atoms with Gasteiger partial charge in [0.25, 0.3) is 0 Å². The Morgan fingerprint density at radius 1 is 1.50 bits per heavy atom. The van der Waals surface area contributed by atoms with Gasteiger partial charge in [-0.05, 0) is 29.8 Å². The standard InChI is InChI=1S/C11H12BrClN2O/c12-7-3-4-9(13)8(6-7)11(15-14)10-2-1-5-16-10/h2-4,6,11,15H,1,5,14H2. The quantitative estimate of drug-likeness (QED) is 0.667. The monoisotopic (exact) mass is 302 g/mol. The van der Waals surface area contributed by atoms with Crippen LogP contribution in [-0.2, 0) is 4.74 Å². The summed E-state index contributed by atoms with van der Waals surface area (Å²) in [6.45, 7) is 0.707. The lowest BCUT2D eigenvalue weighted by atomic mass is 10.1. The first-order valence-corrected chi connectivity index (χ1v) is 6.13. The number of hydrogen-bond acceptors (Lipinski definition) is 3. The van der Waals surface area contributed by atoms with E-state index in [1.54, 1.807) is 0 Å². The maximum Gasteiger partial charge on any atom is 0.115 e. The topological polar surface area (TPSA) is 47.3 Å². The van der Waals surface area contributed by atoms with Gasteiger partial charge >= 0.3 is 0 Å². The highest BCUT2D eigenvalue weighted by Gasteiger charge is 2.21. The van der Waals surface area contributed by atoms with E-state index in [1.807, 2.05) is 24.3 Å². The predicted molar refractivity (Wildman–Crippen MR) is 67.9 cm³/mol. The zero-order chi connectivity index (χ0) is 11.5. The second kappa shape index (κ2) is 5.19. The van der Waals surface area contributed by atoms with Crippen LogP contribution in [0.4, 0.5) is 0 Å². The summed E-state index contributed by atoms with van der Waals surface area (Å²) in [4.78, 5) is 0. The van der Waals surface area contributed by atoms with Gasteiger partial charge in [-0.25, -0.2) is 5.43 Å². The van der Waals surface area contributed by atoms with Gasteiger partial charge in [0.2, 0.25) is 0 Å². The molecule has 1 aromatic carbocycles. The van der Waals surface area contributed by atoms with Crippen LogP contribution in [0, 0.1) is 0 Å². The summed E-state index contributed by atoms with van der Waals surface area (Å²) < 4.78 is 6.46. The van der Waals surface area contributed by atoms with Crippen LogP contribution in [0.25, 0.3) is 0 Å². The first-order valence-electron chi connectivity index (χ1n) is 4.96. The van der Waals surface area contributed by atoms with Crippen LogP contribution in [0.15, 0.2) is 34.5 Å². The summed E-state index contributed by atoms with van der Waals surface area (Å²) in [5.74, 6) is 6.39. The minimum absolute atomic E-state index is 0.188. The average molecular weight is 304 g/mol. The normalized spacial score (nSPS) is 16.8. The van der Waals surface area contributed by atoms with Crippen molar-refractivity contribution in [2.75, 3.05) is 6.61 Å². The number of hydrogen-bond donors (Lipinski definition) is 2. The summed E-state index contributed by atoms with van der Waals surface area (Å²) in [7, 11) is 0. The van der Waals surface area contributed by atoms with Gasteiger partial charge < -0.3 is 4.74 Å². The van der Waals surface area contributed by atoms with Crippen LogP contribution in [0.2, 0.25) is 5.02 Å². The Hall–Kier alpha value is -0.550. The van der Waals surface area contributed by atoms with E-state index in [4.69, 9.17) is 22.2 Å². The predicted octanol–water partition coefficient (Wildman–Crippen LogP) is 2.91. The lowest BCUT2D eigenvalue weighted by molar-refractivity contribution is 0.215. The minimum Gasteiger partial charge on any atom is -0.496 e. The molecule has 1 heterocycles. The molecule has 0 aliphatic carbocycles. The van der Waals surface area contributed by atoms with Gasteiger partial charge in [0, 0.05) is 15.9 Å². The van der Waals surface area contributed by atoms with Crippen molar-refractivity contribution in [3.63, 3.8) is 0 Å². The third kappa shape index (κ3) is 2.40. The second-order valence-corrected chi connectivity index (χ2v) is 4.83. The highest BCUT2D eigenvalue weighted by Crippen LogP contribution is 2.32. The fourth-order valence-corrected chi connectivity index (χ4v) is 2.30. The summed E-state index contributed by atoms with van der Waals surface area (Å²) in [6, 6.07) is 5.48. The molecular weight excluding hydrogens is 291 g/mol. The van der Waals surface area contributed by atoms with E-state index in [-0.39, 0.29) is 6.04 Å². The molecule has 0 saturated heterocycles. The summed E-state index contributed by atoms with van der Waals surface area (Å²) in [6.07, 6.45) is 2.95. The van der Waals surface area contributed by atoms with Crippen molar-refractivity contribution in [3.8, 4) is 0 Å². The summed E-state index contributed by atoms with van der Waals surface area (Å²) in [5, 5.41) is 0.669. The van der Waals surface area contributed by atoms with E-state index in [2.05, 4.69) is 21.4 Å². The number of halogens is 2. The number of benzene rings is 1. The Morgan fingerprint density at radius 3 is 2.94 bits per heavy atom. The molecule has 0 spiro atoms. The molecule has 1 aliphatic heterocycles. The molecule has 3 N–H and O–H groups in total. The molecule has 16 heavy (non-hydrogen) atoms. The van der Waals surface area contributed by atoms with Crippen molar-refractivity contribution in [2.45, 2.75) is 12.5 Å². The Labute approximate surface area is 108 Å². The molecule has 1 atom stereocenters. The lowest BCUT2D eigenvalue weighted by Crippen LogP contribution is -2.29.